The van der Waals surface area contributed by atoms with Gasteiger partial charge in [0, 0.05) is 11.0 Å². The molecule has 0 aliphatic rings. The van der Waals surface area contributed by atoms with E-state index in [0.717, 1.165) is 23.2 Å². The Balaban J connectivity index is 2.78. The number of halogens is 1. The lowest BCUT2D eigenvalue weighted by molar-refractivity contribution is 0.270. The summed E-state index contributed by atoms with van der Waals surface area (Å²) in [5, 5.41) is 3.27. The molecule has 0 radical (unpaired) electrons. The van der Waals surface area contributed by atoms with Crippen LogP contribution in [0.4, 0.5) is 5.69 Å². The molecule has 0 aliphatic carbocycles. The van der Waals surface area contributed by atoms with E-state index in [2.05, 4.69) is 39.7 Å². The number of anilines is 1. The zero-order valence-electron chi connectivity index (χ0n) is 8.43. The highest BCUT2D eigenvalue weighted by Gasteiger charge is 2.01. The van der Waals surface area contributed by atoms with Crippen LogP contribution in [0.1, 0.15) is 12.5 Å². The van der Waals surface area contributed by atoms with E-state index in [4.69, 9.17) is 4.84 Å². The van der Waals surface area contributed by atoms with Crippen molar-refractivity contribution in [3.63, 3.8) is 0 Å². The smallest absolute Gasteiger partial charge is 0.0660 e. The summed E-state index contributed by atoms with van der Waals surface area (Å²) in [6, 6.07) is 6.08. The standard InChI is InChI=1S/C10H15BrN2O/c1-3-12-7-8-4-5-9(11)6-10(8)13-14-2/h4-6,12-13H,3,7H2,1-2H3. The summed E-state index contributed by atoms with van der Waals surface area (Å²) < 4.78 is 1.04. The summed E-state index contributed by atoms with van der Waals surface area (Å²) in [5.41, 5.74) is 5.04. The van der Waals surface area contributed by atoms with Crippen molar-refractivity contribution < 1.29 is 4.84 Å². The summed E-state index contributed by atoms with van der Waals surface area (Å²) in [7, 11) is 1.61. The lowest BCUT2D eigenvalue weighted by Crippen LogP contribution is -2.13. The van der Waals surface area contributed by atoms with Crippen molar-refractivity contribution in [2.45, 2.75) is 13.5 Å². The van der Waals surface area contributed by atoms with E-state index in [1.165, 1.54) is 5.56 Å². The van der Waals surface area contributed by atoms with Gasteiger partial charge in [0.15, 0.2) is 0 Å². The molecule has 0 aromatic heterocycles. The molecule has 78 valence electrons. The van der Waals surface area contributed by atoms with Crippen LogP contribution >= 0.6 is 15.9 Å². The van der Waals surface area contributed by atoms with Gasteiger partial charge in [-0.05, 0) is 24.2 Å². The molecule has 0 spiro atoms. The third-order valence-corrected chi connectivity index (χ3v) is 2.34. The fraction of sp³-hybridized carbons (Fsp3) is 0.400. The number of benzene rings is 1. The largest absolute Gasteiger partial charge is 0.313 e. The van der Waals surface area contributed by atoms with E-state index in [0.29, 0.717) is 0 Å². The first-order valence-corrected chi connectivity index (χ1v) is 5.35. The third-order valence-electron chi connectivity index (χ3n) is 1.85. The number of hydrogen-bond donors (Lipinski definition) is 2. The van der Waals surface area contributed by atoms with Gasteiger partial charge in [0.1, 0.15) is 0 Å². The topological polar surface area (TPSA) is 33.3 Å². The lowest BCUT2D eigenvalue weighted by Gasteiger charge is -2.10. The Hall–Kier alpha value is -0.580. The average Bonchev–Trinajstić information content (AvgIpc) is 2.17. The maximum absolute atomic E-state index is 4.90. The molecule has 0 amide bonds. The van der Waals surface area contributed by atoms with Gasteiger partial charge in [-0.1, -0.05) is 28.9 Å². The first kappa shape index (κ1) is 11.5. The highest BCUT2D eigenvalue weighted by atomic mass is 79.9. The van der Waals surface area contributed by atoms with E-state index >= 15 is 0 Å². The zero-order chi connectivity index (χ0) is 10.4. The highest BCUT2D eigenvalue weighted by molar-refractivity contribution is 9.10. The Morgan fingerprint density at radius 3 is 2.86 bits per heavy atom. The van der Waals surface area contributed by atoms with Crippen LogP contribution in [0.2, 0.25) is 0 Å². The Morgan fingerprint density at radius 1 is 1.43 bits per heavy atom. The van der Waals surface area contributed by atoms with Crippen LogP contribution in [0.3, 0.4) is 0 Å². The van der Waals surface area contributed by atoms with Crippen molar-refractivity contribution in [1.29, 1.82) is 0 Å². The SMILES string of the molecule is CCNCc1ccc(Br)cc1NOC. The average molecular weight is 259 g/mol. The molecule has 4 heteroatoms. The van der Waals surface area contributed by atoms with Gasteiger partial charge in [-0.3, -0.25) is 10.3 Å². The lowest BCUT2D eigenvalue weighted by atomic mass is 10.2. The number of hydrogen-bond acceptors (Lipinski definition) is 3. The third kappa shape index (κ3) is 3.29. The minimum absolute atomic E-state index is 0.843. The van der Waals surface area contributed by atoms with Gasteiger partial charge in [-0.2, -0.15) is 0 Å². The van der Waals surface area contributed by atoms with Crippen LogP contribution < -0.4 is 10.8 Å². The van der Waals surface area contributed by atoms with Gasteiger partial charge < -0.3 is 5.32 Å². The molecule has 0 atom stereocenters. The van der Waals surface area contributed by atoms with Crippen molar-refractivity contribution >= 4 is 21.6 Å². The molecular weight excluding hydrogens is 244 g/mol. The molecule has 0 aliphatic heterocycles. The number of rotatable bonds is 5. The molecule has 0 fully saturated rings. The molecule has 0 unspecified atom stereocenters. The predicted molar refractivity (Wildman–Crippen MR) is 62.2 cm³/mol. The summed E-state index contributed by atoms with van der Waals surface area (Å²) in [4.78, 5) is 4.90. The number of nitrogens with one attached hydrogen (secondary N) is 2. The molecule has 0 bridgehead atoms. The molecule has 1 aromatic carbocycles. The van der Waals surface area contributed by atoms with Gasteiger partial charge in [0.25, 0.3) is 0 Å². The summed E-state index contributed by atoms with van der Waals surface area (Å²) in [6.45, 7) is 3.89. The Labute approximate surface area is 92.9 Å². The minimum Gasteiger partial charge on any atom is -0.313 e. The van der Waals surface area contributed by atoms with E-state index in [9.17, 15) is 0 Å². The molecule has 1 aromatic rings. The maximum atomic E-state index is 4.90. The monoisotopic (exact) mass is 258 g/mol. The molecule has 3 nitrogen and oxygen atoms in total. The zero-order valence-corrected chi connectivity index (χ0v) is 10.0. The van der Waals surface area contributed by atoms with Gasteiger partial charge in [-0.25, -0.2) is 0 Å². The molecule has 0 heterocycles. The second-order valence-corrected chi connectivity index (χ2v) is 3.80. The Bertz CT molecular complexity index is 291. The van der Waals surface area contributed by atoms with Crippen LogP contribution in [-0.2, 0) is 11.4 Å². The first-order chi connectivity index (χ1) is 6.77. The molecule has 1 rings (SSSR count). The Morgan fingerprint density at radius 2 is 2.21 bits per heavy atom. The van der Waals surface area contributed by atoms with Crippen LogP contribution in [0.25, 0.3) is 0 Å². The summed E-state index contributed by atoms with van der Waals surface area (Å²) in [6.07, 6.45) is 0. The van der Waals surface area contributed by atoms with E-state index in [1.54, 1.807) is 7.11 Å². The van der Waals surface area contributed by atoms with Crippen molar-refractivity contribution in [2.75, 3.05) is 19.1 Å². The summed E-state index contributed by atoms with van der Waals surface area (Å²) in [5.74, 6) is 0. The fourth-order valence-electron chi connectivity index (χ4n) is 1.17. The van der Waals surface area contributed by atoms with E-state index < -0.39 is 0 Å². The quantitative estimate of drug-likeness (QED) is 0.797. The van der Waals surface area contributed by atoms with E-state index in [1.807, 2.05) is 12.1 Å². The highest BCUT2D eigenvalue weighted by Crippen LogP contribution is 2.21. The fourth-order valence-corrected chi connectivity index (χ4v) is 1.53. The molecule has 0 saturated heterocycles. The second-order valence-electron chi connectivity index (χ2n) is 2.89. The van der Waals surface area contributed by atoms with Crippen LogP contribution in [0, 0.1) is 0 Å². The molecule has 2 N–H and O–H groups in total. The van der Waals surface area contributed by atoms with Gasteiger partial charge >= 0.3 is 0 Å². The van der Waals surface area contributed by atoms with Crippen LogP contribution in [0.5, 0.6) is 0 Å². The maximum Gasteiger partial charge on any atom is 0.0660 e. The van der Waals surface area contributed by atoms with Gasteiger partial charge in [0.05, 0.1) is 12.8 Å². The molecule has 14 heavy (non-hydrogen) atoms. The van der Waals surface area contributed by atoms with Gasteiger partial charge in [-0.15, -0.1) is 0 Å². The van der Waals surface area contributed by atoms with Crippen LogP contribution in [-0.4, -0.2) is 13.7 Å². The second kappa shape index (κ2) is 6.01. The van der Waals surface area contributed by atoms with Crippen molar-refractivity contribution in [3.05, 3.63) is 28.2 Å². The van der Waals surface area contributed by atoms with Crippen molar-refractivity contribution in [1.82, 2.24) is 5.32 Å². The Kier molecular flexibility index (Phi) is 4.93. The first-order valence-electron chi connectivity index (χ1n) is 4.56. The molecule has 0 saturated carbocycles. The predicted octanol–water partition coefficient (Wildman–Crippen LogP) is 2.53. The normalized spacial score (nSPS) is 10.2. The summed E-state index contributed by atoms with van der Waals surface area (Å²) >= 11 is 3.42. The molecular formula is C10H15BrN2O. The van der Waals surface area contributed by atoms with E-state index in [-0.39, 0.29) is 0 Å². The van der Waals surface area contributed by atoms with Gasteiger partial charge in [0.2, 0.25) is 0 Å². The van der Waals surface area contributed by atoms with Crippen molar-refractivity contribution in [2.24, 2.45) is 0 Å². The van der Waals surface area contributed by atoms with Crippen molar-refractivity contribution in [3.8, 4) is 0 Å². The van der Waals surface area contributed by atoms with Crippen LogP contribution in [0.15, 0.2) is 22.7 Å². The minimum atomic E-state index is 0.843.